The molecule has 0 radical (unpaired) electrons. The number of nitrogens with one attached hydrogen (secondary N) is 1. The van der Waals surface area contributed by atoms with E-state index in [2.05, 4.69) is 20.5 Å². The SMILES string of the molecule is FC1(F)CN[C@H](Cn2cc(CCN3CCCC4(CCC4)C3)nn2)C1. The first-order chi connectivity index (χ1) is 11.5. The van der Waals surface area contributed by atoms with Gasteiger partial charge in [0.25, 0.3) is 5.92 Å². The van der Waals surface area contributed by atoms with Crippen LogP contribution >= 0.6 is 0 Å². The zero-order valence-electron chi connectivity index (χ0n) is 14.2. The first-order valence-corrected chi connectivity index (χ1v) is 9.25. The highest BCUT2D eigenvalue weighted by Crippen LogP contribution is 2.47. The van der Waals surface area contributed by atoms with Crippen molar-refractivity contribution in [3.05, 3.63) is 11.9 Å². The van der Waals surface area contributed by atoms with Crippen molar-refractivity contribution in [3.63, 3.8) is 0 Å². The number of likely N-dealkylation sites (tertiary alicyclic amines) is 1. The summed E-state index contributed by atoms with van der Waals surface area (Å²) in [5.41, 5.74) is 1.59. The third kappa shape index (κ3) is 3.61. The van der Waals surface area contributed by atoms with Crippen LogP contribution < -0.4 is 5.32 Å². The van der Waals surface area contributed by atoms with Gasteiger partial charge in [-0.15, -0.1) is 5.10 Å². The third-order valence-corrected chi connectivity index (χ3v) is 6.03. The van der Waals surface area contributed by atoms with Crippen molar-refractivity contribution in [2.24, 2.45) is 5.41 Å². The van der Waals surface area contributed by atoms with Gasteiger partial charge in [0.2, 0.25) is 0 Å². The maximum atomic E-state index is 13.2. The fourth-order valence-electron chi connectivity index (χ4n) is 4.55. The lowest BCUT2D eigenvalue weighted by molar-refractivity contribution is 0.0204. The lowest BCUT2D eigenvalue weighted by Gasteiger charge is -2.49. The maximum absolute atomic E-state index is 13.2. The molecule has 5 nitrogen and oxygen atoms in total. The molecule has 1 spiro atoms. The van der Waals surface area contributed by atoms with Crippen molar-refractivity contribution in [1.29, 1.82) is 0 Å². The molecule has 0 unspecified atom stereocenters. The minimum atomic E-state index is -2.58. The molecule has 1 saturated carbocycles. The molecule has 7 heteroatoms. The van der Waals surface area contributed by atoms with Crippen molar-refractivity contribution < 1.29 is 8.78 Å². The second-order valence-corrected chi connectivity index (χ2v) is 8.05. The summed E-state index contributed by atoms with van der Waals surface area (Å²) in [5, 5.41) is 11.2. The minimum absolute atomic E-state index is 0.113. The normalized spacial score (nSPS) is 29.0. The molecule has 4 rings (SSSR count). The quantitative estimate of drug-likeness (QED) is 0.892. The molecule has 2 aliphatic heterocycles. The van der Waals surface area contributed by atoms with Gasteiger partial charge in [0.1, 0.15) is 0 Å². The number of alkyl halides is 2. The number of nitrogens with zero attached hydrogens (tertiary/aromatic N) is 4. The zero-order valence-corrected chi connectivity index (χ0v) is 14.2. The van der Waals surface area contributed by atoms with Crippen LogP contribution in [0, 0.1) is 5.41 Å². The third-order valence-electron chi connectivity index (χ3n) is 6.03. The van der Waals surface area contributed by atoms with E-state index in [1.165, 1.54) is 45.2 Å². The van der Waals surface area contributed by atoms with Crippen molar-refractivity contribution in [1.82, 2.24) is 25.2 Å². The van der Waals surface area contributed by atoms with Crippen LogP contribution in [0.2, 0.25) is 0 Å². The Balaban J connectivity index is 1.25. The van der Waals surface area contributed by atoms with E-state index in [0.717, 1.165) is 18.7 Å². The molecule has 0 bridgehead atoms. The largest absolute Gasteiger partial charge is 0.306 e. The van der Waals surface area contributed by atoms with E-state index in [0.29, 0.717) is 12.0 Å². The van der Waals surface area contributed by atoms with Gasteiger partial charge >= 0.3 is 0 Å². The van der Waals surface area contributed by atoms with Crippen LogP contribution in [-0.4, -0.2) is 58.0 Å². The number of hydrogen-bond acceptors (Lipinski definition) is 4. The highest BCUT2D eigenvalue weighted by molar-refractivity contribution is 4.97. The summed E-state index contributed by atoms with van der Waals surface area (Å²) in [6, 6.07) is -0.213. The van der Waals surface area contributed by atoms with Gasteiger partial charge in [0.05, 0.1) is 18.8 Å². The Kier molecular flexibility index (Phi) is 4.33. The second kappa shape index (κ2) is 6.33. The first-order valence-electron chi connectivity index (χ1n) is 9.25. The van der Waals surface area contributed by atoms with E-state index in [1.807, 2.05) is 6.20 Å². The molecular formula is C17H27F2N5. The number of rotatable bonds is 5. The van der Waals surface area contributed by atoms with Crippen molar-refractivity contribution in [3.8, 4) is 0 Å². The van der Waals surface area contributed by atoms with Gasteiger partial charge in [-0.1, -0.05) is 11.6 Å². The van der Waals surface area contributed by atoms with Crippen LogP contribution in [0.15, 0.2) is 6.20 Å². The summed E-state index contributed by atoms with van der Waals surface area (Å²) < 4.78 is 28.1. The van der Waals surface area contributed by atoms with E-state index >= 15 is 0 Å². The zero-order chi connectivity index (χ0) is 16.6. The fraction of sp³-hybridized carbons (Fsp3) is 0.882. The Morgan fingerprint density at radius 3 is 2.79 bits per heavy atom. The maximum Gasteiger partial charge on any atom is 0.261 e. The number of piperidine rings is 1. The summed E-state index contributed by atoms with van der Waals surface area (Å²) >= 11 is 0. The molecule has 0 amide bonds. The summed E-state index contributed by atoms with van der Waals surface area (Å²) in [6.07, 6.45) is 9.62. The van der Waals surface area contributed by atoms with E-state index in [-0.39, 0.29) is 19.0 Å². The fourth-order valence-corrected chi connectivity index (χ4v) is 4.55. The Hall–Kier alpha value is -1.08. The van der Waals surface area contributed by atoms with Crippen LogP contribution in [-0.2, 0) is 13.0 Å². The molecule has 3 fully saturated rings. The van der Waals surface area contributed by atoms with Gasteiger partial charge in [-0.25, -0.2) is 8.78 Å². The van der Waals surface area contributed by atoms with Gasteiger partial charge in [0.15, 0.2) is 0 Å². The smallest absolute Gasteiger partial charge is 0.261 e. The van der Waals surface area contributed by atoms with Crippen molar-refractivity contribution in [2.75, 3.05) is 26.2 Å². The summed E-state index contributed by atoms with van der Waals surface area (Å²) in [7, 11) is 0. The highest BCUT2D eigenvalue weighted by Gasteiger charge is 2.40. The average molecular weight is 339 g/mol. The van der Waals surface area contributed by atoms with Gasteiger partial charge in [-0.3, -0.25) is 4.68 Å². The molecule has 1 aromatic rings. The van der Waals surface area contributed by atoms with Crippen LogP contribution in [0.5, 0.6) is 0 Å². The monoisotopic (exact) mass is 339 g/mol. The lowest BCUT2D eigenvalue weighted by Crippen LogP contribution is -2.47. The van der Waals surface area contributed by atoms with E-state index in [1.54, 1.807) is 4.68 Å². The molecule has 2 saturated heterocycles. The Labute approximate surface area is 141 Å². The van der Waals surface area contributed by atoms with E-state index in [4.69, 9.17) is 0 Å². The van der Waals surface area contributed by atoms with Gasteiger partial charge in [0, 0.05) is 38.2 Å². The summed E-state index contributed by atoms with van der Waals surface area (Å²) in [6.45, 7) is 3.70. The average Bonchev–Trinajstić information content (AvgIpc) is 3.10. The Bertz CT molecular complexity index is 569. The number of hydrogen-bond donors (Lipinski definition) is 1. The van der Waals surface area contributed by atoms with Crippen LogP contribution in [0.3, 0.4) is 0 Å². The Morgan fingerprint density at radius 2 is 2.08 bits per heavy atom. The minimum Gasteiger partial charge on any atom is -0.306 e. The molecular weight excluding hydrogens is 312 g/mol. The van der Waals surface area contributed by atoms with E-state index < -0.39 is 5.92 Å². The van der Waals surface area contributed by atoms with Crippen molar-refractivity contribution >= 4 is 0 Å². The molecule has 1 aliphatic carbocycles. The molecule has 3 heterocycles. The van der Waals surface area contributed by atoms with Gasteiger partial charge in [-0.05, 0) is 37.6 Å². The standard InChI is InChI=1S/C17H27F2N5/c18-17(19)9-15(20-12-17)11-24-10-14(21-22-24)3-8-23-7-2-6-16(13-23)4-1-5-16/h10,15,20H,1-9,11-13H2/t15-/m0/s1. The molecule has 0 aromatic carbocycles. The summed E-state index contributed by atoms with van der Waals surface area (Å²) in [5.74, 6) is -2.58. The number of halogens is 2. The number of aromatic nitrogens is 3. The molecule has 1 atom stereocenters. The lowest BCUT2D eigenvalue weighted by atomic mass is 9.64. The topological polar surface area (TPSA) is 46.0 Å². The summed E-state index contributed by atoms with van der Waals surface area (Å²) in [4.78, 5) is 2.57. The highest BCUT2D eigenvalue weighted by atomic mass is 19.3. The second-order valence-electron chi connectivity index (χ2n) is 8.05. The molecule has 3 aliphatic rings. The van der Waals surface area contributed by atoms with Crippen molar-refractivity contribution in [2.45, 2.75) is 63.5 Å². The molecule has 1 aromatic heterocycles. The Morgan fingerprint density at radius 1 is 1.25 bits per heavy atom. The molecule has 134 valence electrons. The van der Waals surface area contributed by atoms with E-state index in [9.17, 15) is 8.78 Å². The van der Waals surface area contributed by atoms with Gasteiger partial charge in [-0.2, -0.15) is 0 Å². The predicted octanol–water partition coefficient (Wildman–Crippen LogP) is 2.08. The van der Waals surface area contributed by atoms with Crippen LogP contribution in [0.4, 0.5) is 8.78 Å². The van der Waals surface area contributed by atoms with Crippen LogP contribution in [0.1, 0.15) is 44.2 Å². The van der Waals surface area contributed by atoms with Gasteiger partial charge < -0.3 is 10.2 Å². The van der Waals surface area contributed by atoms with Crippen LogP contribution in [0.25, 0.3) is 0 Å². The predicted molar refractivity (Wildman–Crippen MR) is 87.0 cm³/mol. The first kappa shape index (κ1) is 16.4. The molecule has 24 heavy (non-hydrogen) atoms. The molecule has 1 N–H and O–H groups in total.